The summed E-state index contributed by atoms with van der Waals surface area (Å²) in [6.45, 7) is 1.45. The third-order valence-electron chi connectivity index (χ3n) is 2.00. The fourth-order valence-electron chi connectivity index (χ4n) is 1.20. The first-order valence-electron chi connectivity index (χ1n) is 4.40. The molecule has 0 N–H and O–H groups in total. The highest BCUT2D eigenvalue weighted by molar-refractivity contribution is 9.10. The van der Waals surface area contributed by atoms with Crippen LogP contribution in [-0.4, -0.2) is 10.9 Å². The second kappa shape index (κ2) is 3.98. The lowest BCUT2D eigenvalue weighted by molar-refractivity contribution is 0.0978. The van der Waals surface area contributed by atoms with Crippen LogP contribution in [0.3, 0.4) is 0 Å². The van der Waals surface area contributed by atoms with E-state index in [1.54, 1.807) is 6.07 Å². The number of ketones is 1. The highest BCUT2D eigenvalue weighted by Gasteiger charge is 2.09. The second-order valence-corrected chi connectivity index (χ2v) is 4.06. The first-order valence-corrected chi connectivity index (χ1v) is 5.20. The van der Waals surface area contributed by atoms with Crippen LogP contribution >= 0.6 is 15.9 Å². The quantitative estimate of drug-likeness (QED) is 0.783. The monoisotopic (exact) mass is 265 g/mol. The fourth-order valence-corrected chi connectivity index (χ4v) is 1.46. The molecule has 0 saturated heterocycles. The molecule has 15 heavy (non-hydrogen) atoms. The molecule has 0 aliphatic carbocycles. The summed E-state index contributed by atoms with van der Waals surface area (Å²) < 4.78 is 5.90. The first kappa shape index (κ1) is 10.1. The molecule has 0 atom stereocenters. The van der Waals surface area contributed by atoms with E-state index in [9.17, 15) is 4.79 Å². The van der Waals surface area contributed by atoms with Gasteiger partial charge in [-0.15, -0.1) is 0 Å². The van der Waals surface area contributed by atoms with Gasteiger partial charge in [0.1, 0.15) is 5.69 Å². The minimum atomic E-state index is -0.120. The Bertz CT molecular complexity index is 488. The fraction of sp³-hybridized carbons (Fsp3) is 0.0909. The number of Topliss-reactive ketones (excluding diaryl/α,β-unsaturated/α-hetero) is 1. The minimum absolute atomic E-state index is 0.120. The van der Waals surface area contributed by atoms with Crippen LogP contribution in [0.2, 0.25) is 0 Å². The number of nitrogens with zero attached hydrogens (tertiary/aromatic N) is 1. The number of carbonyl (C=O) groups excluding carboxylic acids is 1. The van der Waals surface area contributed by atoms with E-state index in [4.69, 9.17) is 4.52 Å². The number of rotatable bonds is 2. The molecule has 0 aliphatic heterocycles. The van der Waals surface area contributed by atoms with Gasteiger partial charge in [0.15, 0.2) is 5.78 Å². The van der Waals surface area contributed by atoms with Crippen LogP contribution in [0, 0.1) is 0 Å². The largest absolute Gasteiger partial charge is 0.353 e. The van der Waals surface area contributed by atoms with Gasteiger partial charge in [0, 0.05) is 23.0 Å². The summed E-state index contributed by atoms with van der Waals surface area (Å²) in [4.78, 5) is 11.0. The van der Waals surface area contributed by atoms with Crippen molar-refractivity contribution in [3.8, 4) is 11.3 Å². The Morgan fingerprint density at radius 3 is 2.53 bits per heavy atom. The van der Waals surface area contributed by atoms with E-state index in [-0.39, 0.29) is 11.5 Å². The average Bonchev–Trinajstić information content (AvgIpc) is 2.68. The minimum Gasteiger partial charge on any atom is -0.353 e. The topological polar surface area (TPSA) is 43.1 Å². The maximum absolute atomic E-state index is 11.0. The zero-order valence-electron chi connectivity index (χ0n) is 8.03. The molecule has 4 heteroatoms. The molecule has 0 unspecified atom stereocenters. The molecule has 1 aromatic carbocycles. The Kier molecular flexibility index (Phi) is 2.68. The van der Waals surface area contributed by atoms with Crippen molar-refractivity contribution in [3.05, 3.63) is 40.6 Å². The van der Waals surface area contributed by atoms with Gasteiger partial charge in [-0.2, -0.15) is 0 Å². The van der Waals surface area contributed by atoms with E-state index in [0.29, 0.717) is 5.69 Å². The standard InChI is InChI=1S/C11H8BrNO2/c1-7(14)11-6-10(13-15-11)8-2-4-9(12)5-3-8/h2-6H,1H3. The number of carbonyl (C=O) groups is 1. The lowest BCUT2D eigenvalue weighted by atomic mass is 10.1. The summed E-state index contributed by atoms with van der Waals surface area (Å²) >= 11 is 3.35. The Morgan fingerprint density at radius 2 is 2.00 bits per heavy atom. The lowest BCUT2D eigenvalue weighted by Gasteiger charge is -1.94. The van der Waals surface area contributed by atoms with Crippen molar-refractivity contribution in [2.45, 2.75) is 6.92 Å². The van der Waals surface area contributed by atoms with Crippen molar-refractivity contribution in [3.63, 3.8) is 0 Å². The van der Waals surface area contributed by atoms with Crippen molar-refractivity contribution < 1.29 is 9.32 Å². The summed E-state index contributed by atoms with van der Waals surface area (Å²) in [6.07, 6.45) is 0. The van der Waals surface area contributed by atoms with Crippen molar-refractivity contribution in [1.29, 1.82) is 0 Å². The molecular weight excluding hydrogens is 258 g/mol. The van der Waals surface area contributed by atoms with Gasteiger partial charge in [0.25, 0.3) is 0 Å². The summed E-state index contributed by atoms with van der Waals surface area (Å²) in [6, 6.07) is 9.29. The third kappa shape index (κ3) is 2.15. The molecule has 0 saturated carbocycles. The maximum atomic E-state index is 11.0. The summed E-state index contributed by atoms with van der Waals surface area (Å²) in [5, 5.41) is 3.83. The lowest BCUT2D eigenvalue weighted by Crippen LogP contribution is -1.86. The van der Waals surface area contributed by atoms with E-state index in [2.05, 4.69) is 21.1 Å². The number of hydrogen-bond donors (Lipinski definition) is 0. The molecule has 0 fully saturated rings. The van der Waals surface area contributed by atoms with Crippen LogP contribution in [0.5, 0.6) is 0 Å². The van der Waals surface area contributed by atoms with Crippen molar-refractivity contribution in [1.82, 2.24) is 5.16 Å². The van der Waals surface area contributed by atoms with Crippen molar-refractivity contribution in [2.75, 3.05) is 0 Å². The van der Waals surface area contributed by atoms with Crippen molar-refractivity contribution >= 4 is 21.7 Å². The number of hydrogen-bond acceptors (Lipinski definition) is 3. The summed E-state index contributed by atoms with van der Waals surface area (Å²) in [7, 11) is 0. The normalized spacial score (nSPS) is 10.3. The Balaban J connectivity index is 2.37. The molecule has 2 aromatic rings. The van der Waals surface area contributed by atoms with Crippen LogP contribution in [0.4, 0.5) is 0 Å². The second-order valence-electron chi connectivity index (χ2n) is 3.14. The van der Waals surface area contributed by atoms with E-state index >= 15 is 0 Å². The molecule has 3 nitrogen and oxygen atoms in total. The molecule has 0 aliphatic rings. The third-order valence-corrected chi connectivity index (χ3v) is 2.53. The SMILES string of the molecule is CC(=O)c1cc(-c2ccc(Br)cc2)no1. The molecule has 0 bridgehead atoms. The highest BCUT2D eigenvalue weighted by atomic mass is 79.9. The van der Waals surface area contributed by atoms with Gasteiger partial charge in [0.05, 0.1) is 0 Å². The molecule has 0 radical (unpaired) electrons. The summed E-state index contributed by atoms with van der Waals surface area (Å²) in [5.41, 5.74) is 1.60. The van der Waals surface area contributed by atoms with Gasteiger partial charge >= 0.3 is 0 Å². The molecule has 1 heterocycles. The molecule has 1 aromatic heterocycles. The van der Waals surface area contributed by atoms with Gasteiger partial charge in [0.2, 0.25) is 5.76 Å². The first-order chi connectivity index (χ1) is 7.16. The molecular formula is C11H8BrNO2. The zero-order chi connectivity index (χ0) is 10.8. The zero-order valence-corrected chi connectivity index (χ0v) is 9.61. The predicted octanol–water partition coefficient (Wildman–Crippen LogP) is 3.31. The van der Waals surface area contributed by atoms with Crippen LogP contribution in [0.25, 0.3) is 11.3 Å². The van der Waals surface area contributed by atoms with E-state index in [1.165, 1.54) is 6.92 Å². The van der Waals surface area contributed by atoms with Gasteiger partial charge in [-0.05, 0) is 12.1 Å². The predicted molar refractivity (Wildman–Crippen MR) is 59.6 cm³/mol. The van der Waals surface area contributed by atoms with Crippen LogP contribution in [0.1, 0.15) is 17.5 Å². The number of benzene rings is 1. The average molecular weight is 266 g/mol. The number of aromatic nitrogens is 1. The molecule has 0 amide bonds. The summed E-state index contributed by atoms with van der Waals surface area (Å²) in [5.74, 6) is 0.166. The van der Waals surface area contributed by atoms with E-state index in [1.807, 2.05) is 24.3 Å². The van der Waals surface area contributed by atoms with Gasteiger partial charge in [-0.25, -0.2) is 0 Å². The Labute approximate surface area is 95.2 Å². The van der Waals surface area contributed by atoms with Crippen LogP contribution < -0.4 is 0 Å². The number of halogens is 1. The van der Waals surface area contributed by atoms with E-state index < -0.39 is 0 Å². The molecule has 2 rings (SSSR count). The van der Waals surface area contributed by atoms with Crippen LogP contribution in [0.15, 0.2) is 39.3 Å². The highest BCUT2D eigenvalue weighted by Crippen LogP contribution is 2.21. The van der Waals surface area contributed by atoms with Gasteiger partial charge in [-0.3, -0.25) is 4.79 Å². The Hall–Kier alpha value is -1.42. The van der Waals surface area contributed by atoms with Gasteiger partial charge in [-0.1, -0.05) is 33.2 Å². The smallest absolute Gasteiger partial charge is 0.202 e. The van der Waals surface area contributed by atoms with Gasteiger partial charge < -0.3 is 4.52 Å². The van der Waals surface area contributed by atoms with Crippen LogP contribution in [-0.2, 0) is 0 Å². The van der Waals surface area contributed by atoms with E-state index in [0.717, 1.165) is 10.0 Å². The van der Waals surface area contributed by atoms with Crippen molar-refractivity contribution in [2.24, 2.45) is 0 Å². The maximum Gasteiger partial charge on any atom is 0.202 e. The Morgan fingerprint density at radius 1 is 1.33 bits per heavy atom. The molecule has 0 spiro atoms. The molecule has 76 valence electrons.